The second kappa shape index (κ2) is 12.3. The van der Waals surface area contributed by atoms with Crippen LogP contribution < -0.4 is 9.80 Å². The average Bonchev–Trinajstić information content (AvgIpc) is 2.61. The van der Waals surface area contributed by atoms with Crippen molar-refractivity contribution in [3.63, 3.8) is 0 Å². The van der Waals surface area contributed by atoms with Gasteiger partial charge in [-0.3, -0.25) is 0 Å². The second-order valence-corrected chi connectivity index (χ2v) is 5.83. The van der Waals surface area contributed by atoms with Crippen molar-refractivity contribution in [2.75, 3.05) is 36.0 Å². The first-order valence-corrected chi connectivity index (χ1v) is 8.89. The number of hydrogen-bond acceptors (Lipinski definition) is 5. The summed E-state index contributed by atoms with van der Waals surface area (Å²) in [5.74, 6) is 1.17. The van der Waals surface area contributed by atoms with Gasteiger partial charge in [-0.05, 0) is 37.3 Å². The summed E-state index contributed by atoms with van der Waals surface area (Å²) in [5, 5.41) is 0.199. The fraction of sp³-hybridized carbons (Fsp3) is 0.421. The van der Waals surface area contributed by atoms with E-state index in [2.05, 4.69) is 51.1 Å². The van der Waals surface area contributed by atoms with Gasteiger partial charge >= 0.3 is 0 Å². The molecule has 0 bridgehead atoms. The van der Waals surface area contributed by atoms with E-state index < -0.39 is 0 Å². The summed E-state index contributed by atoms with van der Waals surface area (Å²) in [6.45, 7) is 18.2. The maximum Gasteiger partial charge on any atom is 0.231 e. The molecule has 25 heavy (non-hydrogen) atoms. The van der Waals surface area contributed by atoms with Crippen LogP contribution in [0.3, 0.4) is 0 Å². The van der Waals surface area contributed by atoms with E-state index in [1.54, 1.807) is 0 Å². The van der Waals surface area contributed by atoms with Gasteiger partial charge in [-0.15, -0.1) is 26.3 Å². The number of aromatic nitrogens is 3. The van der Waals surface area contributed by atoms with Gasteiger partial charge in [0.1, 0.15) is 0 Å². The van der Waals surface area contributed by atoms with Crippen LogP contribution in [0.5, 0.6) is 0 Å². The fourth-order valence-electron chi connectivity index (χ4n) is 2.22. The summed E-state index contributed by atoms with van der Waals surface area (Å²) >= 11 is 6.18. The van der Waals surface area contributed by atoms with E-state index >= 15 is 0 Å². The SMILES string of the molecule is C=CCCN(CCC=C)c1nc(Cl)nc(N(CCC=C)CCC=C)n1. The number of rotatable bonds is 14. The Morgan fingerprint density at radius 1 is 0.640 bits per heavy atom. The van der Waals surface area contributed by atoms with E-state index in [9.17, 15) is 0 Å². The Morgan fingerprint density at radius 3 is 1.24 bits per heavy atom. The zero-order valence-corrected chi connectivity index (χ0v) is 15.7. The molecule has 0 fully saturated rings. The molecule has 1 rings (SSSR count). The van der Waals surface area contributed by atoms with E-state index in [0.717, 1.165) is 51.9 Å². The molecule has 136 valence electrons. The summed E-state index contributed by atoms with van der Waals surface area (Å²) in [5.41, 5.74) is 0. The molecule has 6 heteroatoms. The summed E-state index contributed by atoms with van der Waals surface area (Å²) in [6, 6.07) is 0. The molecule has 0 spiro atoms. The van der Waals surface area contributed by atoms with Gasteiger partial charge in [0.15, 0.2) is 0 Å². The zero-order chi connectivity index (χ0) is 18.5. The molecule has 0 saturated carbocycles. The largest absolute Gasteiger partial charge is 0.340 e. The Balaban J connectivity index is 3.09. The quantitative estimate of drug-likeness (QED) is 0.458. The molecule has 0 radical (unpaired) electrons. The summed E-state index contributed by atoms with van der Waals surface area (Å²) < 4.78 is 0. The van der Waals surface area contributed by atoms with Crippen molar-refractivity contribution in [3.05, 3.63) is 55.9 Å². The molecule has 0 aromatic carbocycles. The van der Waals surface area contributed by atoms with E-state index in [1.807, 2.05) is 24.3 Å². The highest BCUT2D eigenvalue weighted by Crippen LogP contribution is 2.18. The lowest BCUT2D eigenvalue weighted by atomic mass is 10.3. The van der Waals surface area contributed by atoms with Crippen LogP contribution in [0.25, 0.3) is 0 Å². The van der Waals surface area contributed by atoms with Crippen LogP contribution in [-0.4, -0.2) is 41.1 Å². The molecule has 0 unspecified atom stereocenters. The highest BCUT2D eigenvalue weighted by molar-refractivity contribution is 6.28. The molecule has 0 amide bonds. The molecule has 0 aliphatic carbocycles. The van der Waals surface area contributed by atoms with Crippen molar-refractivity contribution in [1.29, 1.82) is 0 Å². The van der Waals surface area contributed by atoms with Crippen LogP contribution >= 0.6 is 11.6 Å². The highest BCUT2D eigenvalue weighted by atomic mass is 35.5. The van der Waals surface area contributed by atoms with Gasteiger partial charge in [0.2, 0.25) is 17.2 Å². The molecule has 5 nitrogen and oxygen atoms in total. The molecule has 0 aliphatic heterocycles. The van der Waals surface area contributed by atoms with Gasteiger partial charge in [0.25, 0.3) is 0 Å². The topological polar surface area (TPSA) is 45.2 Å². The van der Waals surface area contributed by atoms with Gasteiger partial charge in [-0.2, -0.15) is 15.0 Å². The van der Waals surface area contributed by atoms with Crippen LogP contribution in [0.1, 0.15) is 25.7 Å². The Kier molecular flexibility index (Phi) is 10.2. The molecule has 1 heterocycles. The Hall–Kier alpha value is -2.14. The first-order valence-electron chi connectivity index (χ1n) is 8.51. The van der Waals surface area contributed by atoms with Crippen molar-refractivity contribution in [1.82, 2.24) is 15.0 Å². The van der Waals surface area contributed by atoms with Crippen LogP contribution in [0.15, 0.2) is 50.6 Å². The molecule has 0 N–H and O–H groups in total. The molecule has 0 saturated heterocycles. The van der Waals surface area contributed by atoms with Crippen LogP contribution in [0, 0.1) is 0 Å². The molecular weight excluding hydrogens is 334 g/mol. The molecule has 0 aliphatic rings. The van der Waals surface area contributed by atoms with Crippen molar-refractivity contribution in [3.8, 4) is 0 Å². The van der Waals surface area contributed by atoms with Gasteiger partial charge in [-0.1, -0.05) is 24.3 Å². The minimum Gasteiger partial charge on any atom is -0.340 e. The first kappa shape index (κ1) is 20.9. The second-order valence-electron chi connectivity index (χ2n) is 5.49. The average molecular weight is 362 g/mol. The van der Waals surface area contributed by atoms with Crippen molar-refractivity contribution in [2.24, 2.45) is 0 Å². The maximum absolute atomic E-state index is 6.18. The predicted molar refractivity (Wildman–Crippen MR) is 109 cm³/mol. The first-order chi connectivity index (χ1) is 12.2. The fourth-order valence-corrected chi connectivity index (χ4v) is 2.38. The summed E-state index contributed by atoms with van der Waals surface area (Å²) in [7, 11) is 0. The van der Waals surface area contributed by atoms with Crippen molar-refractivity contribution in [2.45, 2.75) is 25.7 Å². The lowest BCUT2D eigenvalue weighted by Crippen LogP contribution is -2.31. The highest BCUT2D eigenvalue weighted by Gasteiger charge is 2.16. The van der Waals surface area contributed by atoms with Crippen molar-refractivity contribution < 1.29 is 0 Å². The van der Waals surface area contributed by atoms with Gasteiger partial charge in [-0.25, -0.2) is 0 Å². The normalized spacial score (nSPS) is 10.1. The Bertz CT molecular complexity index is 503. The van der Waals surface area contributed by atoms with Gasteiger partial charge in [0, 0.05) is 26.2 Å². The van der Waals surface area contributed by atoms with E-state index in [-0.39, 0.29) is 5.28 Å². The predicted octanol–water partition coefficient (Wildman–Crippen LogP) is 4.44. The van der Waals surface area contributed by atoms with E-state index in [0.29, 0.717) is 11.9 Å². The number of halogens is 1. The molecule has 1 aromatic rings. The number of anilines is 2. The third-order valence-corrected chi connectivity index (χ3v) is 3.73. The van der Waals surface area contributed by atoms with Crippen LogP contribution in [-0.2, 0) is 0 Å². The Morgan fingerprint density at radius 2 is 0.960 bits per heavy atom. The minimum atomic E-state index is 0.199. The summed E-state index contributed by atoms with van der Waals surface area (Å²) in [4.78, 5) is 17.5. The molecular formula is C19H28ClN5. The minimum absolute atomic E-state index is 0.199. The number of hydrogen-bond donors (Lipinski definition) is 0. The molecule has 1 aromatic heterocycles. The van der Waals surface area contributed by atoms with Gasteiger partial charge < -0.3 is 9.80 Å². The van der Waals surface area contributed by atoms with Gasteiger partial charge in [0.05, 0.1) is 0 Å². The van der Waals surface area contributed by atoms with Crippen LogP contribution in [0.4, 0.5) is 11.9 Å². The van der Waals surface area contributed by atoms with Crippen LogP contribution in [0.2, 0.25) is 5.28 Å². The number of nitrogens with zero attached hydrogens (tertiary/aromatic N) is 5. The van der Waals surface area contributed by atoms with E-state index in [1.165, 1.54) is 0 Å². The van der Waals surface area contributed by atoms with E-state index in [4.69, 9.17) is 11.6 Å². The summed E-state index contributed by atoms with van der Waals surface area (Å²) in [6.07, 6.45) is 10.9. The maximum atomic E-state index is 6.18. The lowest BCUT2D eigenvalue weighted by molar-refractivity contribution is 0.726. The smallest absolute Gasteiger partial charge is 0.231 e. The third kappa shape index (κ3) is 7.52. The monoisotopic (exact) mass is 361 g/mol. The third-order valence-electron chi connectivity index (χ3n) is 3.56. The molecule has 0 atom stereocenters. The van der Waals surface area contributed by atoms with Crippen molar-refractivity contribution >= 4 is 23.5 Å². The standard InChI is InChI=1S/C19H28ClN5/c1-5-9-13-24(14-10-6-2)18-21-17(20)22-19(23-18)25(15-11-7-3)16-12-8-4/h5-8H,1-4,9-16H2. The zero-order valence-electron chi connectivity index (χ0n) is 14.9. The lowest BCUT2D eigenvalue weighted by Gasteiger charge is -2.25. The Labute approximate surface area is 156 Å².